The summed E-state index contributed by atoms with van der Waals surface area (Å²) in [5.41, 5.74) is 2.69. The lowest BCUT2D eigenvalue weighted by atomic mass is 9.99. The second-order valence-electron chi connectivity index (χ2n) is 6.34. The van der Waals surface area contributed by atoms with Gasteiger partial charge in [0.05, 0.1) is 10.7 Å². The van der Waals surface area contributed by atoms with Crippen molar-refractivity contribution in [3.8, 4) is 0 Å². The first kappa shape index (κ1) is 17.4. The zero-order valence-corrected chi connectivity index (χ0v) is 15.3. The lowest BCUT2D eigenvalue weighted by molar-refractivity contribution is 0.458. The number of fused-ring (bicyclic) bond motifs is 1. The standard InChI is InChI=1S/C20H22N2S.ClH/c1-2-7-19-15(4-1)5-3-6-16(19)8-9-18-14-23-20(22-18)17-10-12-21-13-11-17;/h1-7,14,17,21H,8-13H2;1H. The molecule has 1 saturated heterocycles. The lowest BCUT2D eigenvalue weighted by Gasteiger charge is -2.20. The molecule has 2 heterocycles. The van der Waals surface area contributed by atoms with Crippen LogP contribution in [-0.2, 0) is 12.8 Å². The number of halogens is 1. The van der Waals surface area contributed by atoms with Crippen molar-refractivity contribution in [2.45, 2.75) is 31.6 Å². The summed E-state index contributed by atoms with van der Waals surface area (Å²) in [4.78, 5) is 4.92. The molecule has 126 valence electrons. The molecule has 24 heavy (non-hydrogen) atoms. The van der Waals surface area contributed by atoms with E-state index in [0.717, 1.165) is 25.9 Å². The minimum absolute atomic E-state index is 0. The Bertz CT molecular complexity index is 788. The van der Waals surface area contributed by atoms with Crippen molar-refractivity contribution in [1.82, 2.24) is 10.3 Å². The Hall–Kier alpha value is -1.42. The van der Waals surface area contributed by atoms with Crippen LogP contribution < -0.4 is 5.32 Å². The van der Waals surface area contributed by atoms with E-state index in [2.05, 4.69) is 53.2 Å². The number of nitrogens with one attached hydrogen (secondary N) is 1. The van der Waals surface area contributed by atoms with Crippen LogP contribution in [0.1, 0.15) is 35.0 Å². The number of hydrogen-bond acceptors (Lipinski definition) is 3. The van der Waals surface area contributed by atoms with E-state index >= 15 is 0 Å². The molecule has 0 bridgehead atoms. The Kier molecular flexibility index (Phi) is 5.88. The predicted molar refractivity (Wildman–Crippen MR) is 106 cm³/mol. The van der Waals surface area contributed by atoms with E-state index in [1.807, 2.05) is 11.3 Å². The number of hydrogen-bond donors (Lipinski definition) is 1. The SMILES string of the molecule is Cl.c1ccc2c(CCc3csc(C4CCNCC4)n3)cccc2c1. The second kappa shape index (κ2) is 8.11. The minimum Gasteiger partial charge on any atom is -0.317 e. The van der Waals surface area contributed by atoms with Gasteiger partial charge in [0.15, 0.2) is 0 Å². The van der Waals surface area contributed by atoms with Crippen LogP contribution in [0.4, 0.5) is 0 Å². The summed E-state index contributed by atoms with van der Waals surface area (Å²) in [6, 6.07) is 15.3. The molecular weight excluding hydrogens is 336 g/mol. The third kappa shape index (κ3) is 3.80. The Balaban J connectivity index is 0.00000169. The molecule has 4 rings (SSSR count). The third-order valence-electron chi connectivity index (χ3n) is 4.79. The molecule has 0 saturated carbocycles. The van der Waals surface area contributed by atoms with Crippen molar-refractivity contribution in [2.24, 2.45) is 0 Å². The summed E-state index contributed by atoms with van der Waals surface area (Å²) in [6.07, 6.45) is 4.57. The molecule has 0 aliphatic carbocycles. The zero-order valence-electron chi connectivity index (χ0n) is 13.7. The van der Waals surface area contributed by atoms with Crippen molar-refractivity contribution in [3.05, 3.63) is 64.1 Å². The van der Waals surface area contributed by atoms with E-state index < -0.39 is 0 Å². The van der Waals surface area contributed by atoms with Crippen molar-refractivity contribution in [2.75, 3.05) is 13.1 Å². The molecular formula is C20H23ClN2S. The molecule has 1 N–H and O–H groups in total. The van der Waals surface area contributed by atoms with Gasteiger partial charge in [-0.15, -0.1) is 23.7 Å². The number of piperidine rings is 1. The van der Waals surface area contributed by atoms with Crippen LogP contribution in [0.2, 0.25) is 0 Å². The van der Waals surface area contributed by atoms with Crippen LogP contribution >= 0.6 is 23.7 Å². The molecule has 0 amide bonds. The van der Waals surface area contributed by atoms with Crippen LogP contribution in [0, 0.1) is 0 Å². The zero-order chi connectivity index (χ0) is 15.5. The summed E-state index contributed by atoms with van der Waals surface area (Å²) in [5, 5.41) is 9.76. The van der Waals surface area contributed by atoms with Crippen molar-refractivity contribution in [3.63, 3.8) is 0 Å². The molecule has 1 aliphatic heterocycles. The summed E-state index contributed by atoms with van der Waals surface area (Å²) in [7, 11) is 0. The largest absolute Gasteiger partial charge is 0.317 e. The van der Waals surface area contributed by atoms with Gasteiger partial charge in [-0.3, -0.25) is 0 Å². The third-order valence-corrected chi connectivity index (χ3v) is 5.84. The molecule has 0 spiro atoms. The van der Waals surface area contributed by atoms with Gasteiger partial charge in [-0.05, 0) is 55.1 Å². The molecule has 2 nitrogen and oxygen atoms in total. The van der Waals surface area contributed by atoms with Crippen LogP contribution in [0.5, 0.6) is 0 Å². The van der Waals surface area contributed by atoms with Gasteiger partial charge in [0.2, 0.25) is 0 Å². The fraction of sp³-hybridized carbons (Fsp3) is 0.350. The summed E-state index contributed by atoms with van der Waals surface area (Å²) >= 11 is 1.86. The Labute approximate surface area is 153 Å². The van der Waals surface area contributed by atoms with Gasteiger partial charge in [-0.25, -0.2) is 4.98 Å². The van der Waals surface area contributed by atoms with E-state index in [0.29, 0.717) is 5.92 Å². The van der Waals surface area contributed by atoms with Crippen LogP contribution in [-0.4, -0.2) is 18.1 Å². The second-order valence-corrected chi connectivity index (χ2v) is 7.23. The van der Waals surface area contributed by atoms with Gasteiger partial charge in [-0.2, -0.15) is 0 Å². The van der Waals surface area contributed by atoms with E-state index in [4.69, 9.17) is 4.98 Å². The first-order valence-corrected chi connectivity index (χ1v) is 9.40. The van der Waals surface area contributed by atoms with Gasteiger partial charge < -0.3 is 5.32 Å². The van der Waals surface area contributed by atoms with Crippen LogP contribution in [0.25, 0.3) is 10.8 Å². The summed E-state index contributed by atoms with van der Waals surface area (Å²) in [5.74, 6) is 0.674. The van der Waals surface area contributed by atoms with Crippen molar-refractivity contribution < 1.29 is 0 Å². The van der Waals surface area contributed by atoms with Gasteiger partial charge in [0, 0.05) is 11.3 Å². The monoisotopic (exact) mass is 358 g/mol. The Morgan fingerprint density at radius 3 is 2.67 bits per heavy atom. The first-order chi connectivity index (χ1) is 11.4. The van der Waals surface area contributed by atoms with Gasteiger partial charge in [0.25, 0.3) is 0 Å². The highest BCUT2D eigenvalue weighted by Gasteiger charge is 2.18. The lowest BCUT2D eigenvalue weighted by Crippen LogP contribution is -2.26. The topological polar surface area (TPSA) is 24.9 Å². The van der Waals surface area contributed by atoms with Crippen molar-refractivity contribution in [1.29, 1.82) is 0 Å². The number of nitrogens with zero attached hydrogens (tertiary/aromatic N) is 1. The van der Waals surface area contributed by atoms with Crippen LogP contribution in [0.3, 0.4) is 0 Å². The maximum atomic E-state index is 4.92. The highest BCUT2D eigenvalue weighted by atomic mass is 35.5. The smallest absolute Gasteiger partial charge is 0.0960 e. The molecule has 1 fully saturated rings. The first-order valence-electron chi connectivity index (χ1n) is 8.52. The maximum absolute atomic E-state index is 4.92. The molecule has 3 aromatic rings. The number of rotatable bonds is 4. The van der Waals surface area contributed by atoms with E-state index in [1.165, 1.54) is 39.9 Å². The summed E-state index contributed by atoms with van der Waals surface area (Å²) < 4.78 is 0. The molecule has 0 radical (unpaired) electrons. The average Bonchev–Trinajstić information content (AvgIpc) is 3.10. The molecule has 2 aromatic carbocycles. The molecule has 0 atom stereocenters. The molecule has 1 aromatic heterocycles. The number of thiazole rings is 1. The van der Waals surface area contributed by atoms with Crippen LogP contribution in [0.15, 0.2) is 47.8 Å². The average molecular weight is 359 g/mol. The van der Waals surface area contributed by atoms with E-state index in [-0.39, 0.29) is 12.4 Å². The highest BCUT2D eigenvalue weighted by Crippen LogP contribution is 2.28. The summed E-state index contributed by atoms with van der Waals surface area (Å²) in [6.45, 7) is 2.27. The van der Waals surface area contributed by atoms with Gasteiger partial charge in [-0.1, -0.05) is 42.5 Å². The Morgan fingerprint density at radius 2 is 1.79 bits per heavy atom. The number of aryl methyl sites for hydroxylation is 2. The quantitative estimate of drug-likeness (QED) is 0.712. The fourth-order valence-corrected chi connectivity index (χ4v) is 4.49. The molecule has 4 heteroatoms. The van der Waals surface area contributed by atoms with Gasteiger partial charge in [0.1, 0.15) is 0 Å². The van der Waals surface area contributed by atoms with Gasteiger partial charge >= 0.3 is 0 Å². The predicted octanol–water partition coefficient (Wildman–Crippen LogP) is 4.97. The van der Waals surface area contributed by atoms with E-state index in [9.17, 15) is 0 Å². The number of aromatic nitrogens is 1. The maximum Gasteiger partial charge on any atom is 0.0960 e. The highest BCUT2D eigenvalue weighted by molar-refractivity contribution is 7.09. The normalized spacial score (nSPS) is 15.3. The van der Waals surface area contributed by atoms with E-state index in [1.54, 1.807) is 0 Å². The molecule has 0 unspecified atom stereocenters. The Morgan fingerprint density at radius 1 is 1.00 bits per heavy atom. The number of benzene rings is 2. The van der Waals surface area contributed by atoms with Crippen molar-refractivity contribution >= 4 is 34.5 Å². The molecule has 1 aliphatic rings. The fourth-order valence-electron chi connectivity index (χ4n) is 3.47. The minimum atomic E-state index is 0.